The van der Waals surface area contributed by atoms with Gasteiger partial charge in [-0.25, -0.2) is 8.42 Å². The first kappa shape index (κ1) is 31.0. The van der Waals surface area contributed by atoms with Gasteiger partial charge in [0, 0.05) is 25.2 Å². The van der Waals surface area contributed by atoms with E-state index in [1.807, 2.05) is 26.8 Å². The molecule has 1 aromatic carbocycles. The van der Waals surface area contributed by atoms with Gasteiger partial charge in [0.1, 0.15) is 6.04 Å². The normalized spacial score (nSPS) is 24.5. The van der Waals surface area contributed by atoms with Crippen molar-refractivity contribution in [2.24, 2.45) is 5.41 Å². The van der Waals surface area contributed by atoms with Crippen molar-refractivity contribution in [2.75, 3.05) is 26.4 Å². The van der Waals surface area contributed by atoms with Crippen LogP contribution < -0.4 is 16.0 Å². The number of aryl methyl sites for hydroxylation is 1. The third kappa shape index (κ3) is 7.37. The maximum atomic E-state index is 13.3. The van der Waals surface area contributed by atoms with Crippen molar-refractivity contribution in [1.29, 1.82) is 0 Å². The summed E-state index contributed by atoms with van der Waals surface area (Å²) >= 11 is 0. The van der Waals surface area contributed by atoms with Gasteiger partial charge < -0.3 is 20.9 Å². The highest BCUT2D eigenvalue weighted by atomic mass is 32.2. The molecular weight excluding hydrogens is 518 g/mol. The van der Waals surface area contributed by atoms with Gasteiger partial charge in [-0.05, 0) is 62.6 Å². The number of fused-ring (bicyclic) bond motifs is 2. The topological polar surface area (TPSA) is 128 Å². The number of amides is 3. The van der Waals surface area contributed by atoms with Gasteiger partial charge in [-0.15, -0.1) is 0 Å². The fraction of sp³-hybridized carbons (Fsp3) is 0.679. The maximum Gasteiger partial charge on any atom is 0.245 e. The van der Waals surface area contributed by atoms with Crippen molar-refractivity contribution in [1.82, 2.24) is 25.2 Å². The van der Waals surface area contributed by atoms with Gasteiger partial charge in [-0.1, -0.05) is 45.0 Å². The average Bonchev–Trinajstić information content (AvgIpc) is 3.48. The van der Waals surface area contributed by atoms with Gasteiger partial charge in [0.2, 0.25) is 28.2 Å². The van der Waals surface area contributed by atoms with E-state index in [1.165, 1.54) is 28.1 Å². The molecule has 10 nitrogen and oxygen atoms in total. The zero-order chi connectivity index (χ0) is 29.0. The summed E-state index contributed by atoms with van der Waals surface area (Å²) in [7, 11) is -1.57. The number of hydrogen-bond donors (Lipinski definition) is 3. The molecule has 4 rings (SSSR count). The Balaban J connectivity index is 0.000000268. The standard InChI is InChI=1S/C17H32N4O4S.C11H13NO/c1-11(18-5)15(22)19-14(17(2,3)4)16(23)20-9-7-13-12(20)8-10-21(13)26(6,24)25;13-8-12-11-7-3-5-9-4-1-2-6-10(9)11/h11-14,18H,7-10H2,1-6H3,(H,19,22);1-2,4,6,8,11H,3,5,7H2,(H,12,13)/t11-,12?,13?,14?;/m0./s1. The van der Waals surface area contributed by atoms with Gasteiger partial charge in [-0.3, -0.25) is 14.4 Å². The lowest BCUT2D eigenvalue weighted by molar-refractivity contribution is -0.140. The molecule has 5 atom stereocenters. The first-order chi connectivity index (χ1) is 18.3. The highest BCUT2D eigenvalue weighted by molar-refractivity contribution is 7.88. The molecule has 0 saturated carbocycles. The van der Waals surface area contributed by atoms with Crippen molar-refractivity contribution in [3.05, 3.63) is 35.4 Å². The van der Waals surface area contributed by atoms with Gasteiger partial charge in [0.25, 0.3) is 0 Å². The van der Waals surface area contributed by atoms with Crippen molar-refractivity contribution in [2.45, 2.75) is 90.0 Å². The lowest BCUT2D eigenvalue weighted by Crippen LogP contribution is -2.58. The minimum Gasteiger partial charge on any atom is -0.352 e. The number of nitrogens with one attached hydrogen (secondary N) is 3. The van der Waals surface area contributed by atoms with Gasteiger partial charge in [-0.2, -0.15) is 4.31 Å². The van der Waals surface area contributed by atoms with Crippen LogP contribution >= 0.6 is 0 Å². The number of benzene rings is 1. The molecule has 2 saturated heterocycles. The van der Waals surface area contributed by atoms with Crippen molar-refractivity contribution in [3.63, 3.8) is 0 Å². The Bertz CT molecular complexity index is 1140. The largest absolute Gasteiger partial charge is 0.352 e. The number of nitrogens with zero attached hydrogens (tertiary/aromatic N) is 2. The Labute approximate surface area is 233 Å². The Hall–Kier alpha value is -2.50. The molecule has 3 aliphatic rings. The van der Waals surface area contributed by atoms with Crippen LogP contribution in [-0.2, 0) is 30.8 Å². The van der Waals surface area contributed by atoms with Crippen LogP contribution in [0.25, 0.3) is 0 Å². The summed E-state index contributed by atoms with van der Waals surface area (Å²) < 4.78 is 25.4. The molecule has 3 amide bonds. The van der Waals surface area contributed by atoms with E-state index in [0.29, 0.717) is 25.9 Å². The molecule has 0 aromatic heterocycles. The fourth-order valence-electron chi connectivity index (χ4n) is 5.85. The molecule has 2 heterocycles. The summed E-state index contributed by atoms with van der Waals surface area (Å²) in [5, 5.41) is 8.62. The third-order valence-corrected chi connectivity index (χ3v) is 9.40. The average molecular weight is 564 g/mol. The summed E-state index contributed by atoms with van der Waals surface area (Å²) in [6.07, 6.45) is 6.68. The quantitative estimate of drug-likeness (QED) is 0.432. The number of likely N-dealkylation sites (tertiary alicyclic amines) is 1. The van der Waals surface area contributed by atoms with Crippen LogP contribution in [0.1, 0.15) is 70.5 Å². The van der Waals surface area contributed by atoms with Gasteiger partial charge in [0.05, 0.1) is 18.3 Å². The lowest BCUT2D eigenvalue weighted by Gasteiger charge is -2.36. The molecule has 3 N–H and O–H groups in total. The number of likely N-dealkylation sites (N-methyl/N-ethyl adjacent to an activating group) is 1. The van der Waals surface area contributed by atoms with E-state index in [2.05, 4.69) is 34.1 Å². The van der Waals surface area contributed by atoms with Gasteiger partial charge >= 0.3 is 0 Å². The number of carbonyl (C=O) groups is 3. The lowest BCUT2D eigenvalue weighted by atomic mass is 9.85. The van der Waals surface area contributed by atoms with E-state index in [0.717, 1.165) is 19.3 Å². The van der Waals surface area contributed by atoms with E-state index in [1.54, 1.807) is 18.9 Å². The molecule has 39 heavy (non-hydrogen) atoms. The summed E-state index contributed by atoms with van der Waals surface area (Å²) in [5.41, 5.74) is 2.22. The monoisotopic (exact) mass is 563 g/mol. The predicted molar refractivity (Wildman–Crippen MR) is 151 cm³/mol. The summed E-state index contributed by atoms with van der Waals surface area (Å²) in [6.45, 7) is 8.47. The fourth-order valence-corrected chi connectivity index (χ4v) is 7.03. The first-order valence-corrected chi connectivity index (χ1v) is 15.7. The molecule has 218 valence electrons. The van der Waals surface area contributed by atoms with Crippen LogP contribution in [-0.4, -0.2) is 86.4 Å². The minimum atomic E-state index is -3.27. The van der Waals surface area contributed by atoms with Crippen LogP contribution in [0.5, 0.6) is 0 Å². The number of sulfonamides is 1. The Morgan fingerprint density at radius 3 is 2.36 bits per heavy atom. The molecule has 1 aromatic rings. The first-order valence-electron chi connectivity index (χ1n) is 13.8. The number of rotatable bonds is 7. The minimum absolute atomic E-state index is 0.110. The Morgan fingerprint density at radius 1 is 1.08 bits per heavy atom. The van der Waals surface area contributed by atoms with E-state index < -0.39 is 27.5 Å². The Morgan fingerprint density at radius 2 is 1.74 bits per heavy atom. The number of hydrogen-bond acceptors (Lipinski definition) is 6. The van der Waals surface area contributed by atoms with E-state index >= 15 is 0 Å². The smallest absolute Gasteiger partial charge is 0.245 e. The SMILES string of the molecule is CN[C@@H](C)C(=O)NC(C(=O)N1CCC2C1CCN2S(C)(=O)=O)C(C)(C)C.O=CNC1CCCc2ccccc21. The van der Waals surface area contributed by atoms with Crippen molar-refractivity contribution >= 4 is 28.2 Å². The predicted octanol–water partition coefficient (Wildman–Crippen LogP) is 1.57. The van der Waals surface area contributed by atoms with Crippen LogP contribution in [0.15, 0.2) is 24.3 Å². The van der Waals surface area contributed by atoms with Crippen LogP contribution in [0.2, 0.25) is 0 Å². The molecule has 0 bridgehead atoms. The molecule has 2 fully saturated rings. The summed E-state index contributed by atoms with van der Waals surface area (Å²) in [6, 6.07) is 7.27. The zero-order valence-corrected chi connectivity index (χ0v) is 24.9. The molecule has 4 unspecified atom stereocenters. The molecule has 11 heteroatoms. The second-order valence-electron chi connectivity index (χ2n) is 11.9. The van der Waals surface area contributed by atoms with Crippen molar-refractivity contribution in [3.8, 4) is 0 Å². The Kier molecular flexibility index (Phi) is 10.2. The summed E-state index contributed by atoms with van der Waals surface area (Å²) in [5.74, 6) is -0.349. The highest BCUT2D eigenvalue weighted by Crippen LogP contribution is 2.35. The molecule has 1 aliphatic carbocycles. The third-order valence-electron chi connectivity index (χ3n) is 8.10. The van der Waals surface area contributed by atoms with E-state index in [-0.39, 0.29) is 29.9 Å². The summed E-state index contributed by atoms with van der Waals surface area (Å²) in [4.78, 5) is 37.7. The molecular formula is C28H45N5O5S. The maximum absolute atomic E-state index is 13.3. The van der Waals surface area contributed by atoms with Gasteiger partial charge in [0.15, 0.2) is 0 Å². The second kappa shape index (κ2) is 12.8. The highest BCUT2D eigenvalue weighted by Gasteiger charge is 2.49. The van der Waals surface area contributed by atoms with Crippen LogP contribution in [0.3, 0.4) is 0 Å². The van der Waals surface area contributed by atoms with Crippen molar-refractivity contribution < 1.29 is 22.8 Å². The zero-order valence-electron chi connectivity index (χ0n) is 24.1. The van der Waals surface area contributed by atoms with E-state index in [4.69, 9.17) is 0 Å². The van der Waals surface area contributed by atoms with E-state index in [9.17, 15) is 22.8 Å². The van der Waals surface area contributed by atoms with Crippen LogP contribution in [0.4, 0.5) is 0 Å². The molecule has 0 spiro atoms. The second-order valence-corrected chi connectivity index (χ2v) is 13.8. The van der Waals surface area contributed by atoms with Crippen LogP contribution in [0, 0.1) is 5.41 Å². The molecule has 2 aliphatic heterocycles. The molecule has 0 radical (unpaired) electrons. The number of carbonyl (C=O) groups excluding carboxylic acids is 3.